The van der Waals surface area contributed by atoms with Crippen molar-refractivity contribution in [1.29, 1.82) is 0 Å². The third-order valence-electron chi connectivity index (χ3n) is 5.06. The van der Waals surface area contributed by atoms with Crippen LogP contribution in [0.1, 0.15) is 27.4 Å². The van der Waals surface area contributed by atoms with Crippen LogP contribution >= 0.6 is 0 Å². The highest BCUT2D eigenvalue weighted by Crippen LogP contribution is 2.39. The van der Waals surface area contributed by atoms with Crippen LogP contribution in [-0.2, 0) is 16.1 Å². The lowest BCUT2D eigenvalue weighted by Gasteiger charge is -2.36. The third-order valence-corrected chi connectivity index (χ3v) is 5.06. The molecule has 0 spiro atoms. The summed E-state index contributed by atoms with van der Waals surface area (Å²) in [5.74, 6) is 0.504. The van der Waals surface area contributed by atoms with Crippen LogP contribution in [0.4, 0.5) is 0 Å². The van der Waals surface area contributed by atoms with Crippen molar-refractivity contribution >= 4 is 11.9 Å². The van der Waals surface area contributed by atoms with Gasteiger partial charge in [-0.3, -0.25) is 9.59 Å². The molecule has 2 aliphatic heterocycles. The normalized spacial score (nSPS) is 21.1. The predicted molar refractivity (Wildman–Crippen MR) is 93.3 cm³/mol. The monoisotopic (exact) mass is 353 g/mol. The zero-order chi connectivity index (χ0) is 18.3. The average molecular weight is 353 g/mol. The number of carbonyl (C=O) groups is 2. The molecule has 6 nitrogen and oxygen atoms in total. The van der Waals surface area contributed by atoms with Gasteiger partial charge in [0.1, 0.15) is 24.0 Å². The van der Waals surface area contributed by atoms with E-state index in [2.05, 4.69) is 0 Å². The van der Waals surface area contributed by atoms with Crippen LogP contribution in [0.25, 0.3) is 0 Å². The number of benzene rings is 2. The van der Waals surface area contributed by atoms with Crippen LogP contribution in [0.5, 0.6) is 11.5 Å². The molecule has 1 amide bonds. The Morgan fingerprint density at radius 1 is 1.12 bits per heavy atom. The zero-order valence-electron chi connectivity index (χ0n) is 14.6. The summed E-state index contributed by atoms with van der Waals surface area (Å²) in [6.07, 6.45) is 0. The predicted octanol–water partition coefficient (Wildman–Crippen LogP) is 2.37. The summed E-state index contributed by atoms with van der Waals surface area (Å²) in [6, 6.07) is 12.4. The van der Waals surface area contributed by atoms with E-state index in [0.29, 0.717) is 23.6 Å². The average Bonchev–Trinajstić information content (AvgIpc) is 3.06. The van der Waals surface area contributed by atoms with Gasteiger partial charge in [0, 0.05) is 17.2 Å². The Labute approximate surface area is 151 Å². The first-order valence-electron chi connectivity index (χ1n) is 8.41. The molecule has 1 saturated heterocycles. The van der Waals surface area contributed by atoms with E-state index >= 15 is 0 Å². The van der Waals surface area contributed by atoms with Gasteiger partial charge in [0.05, 0.1) is 26.8 Å². The Balaban J connectivity index is 1.73. The van der Waals surface area contributed by atoms with Gasteiger partial charge >= 0.3 is 5.97 Å². The van der Waals surface area contributed by atoms with Crippen LogP contribution in [0.15, 0.2) is 42.5 Å². The van der Waals surface area contributed by atoms with Gasteiger partial charge < -0.3 is 19.1 Å². The maximum Gasteiger partial charge on any atom is 0.315 e. The molecule has 0 aromatic heterocycles. The molecule has 1 fully saturated rings. The van der Waals surface area contributed by atoms with Gasteiger partial charge in [0.25, 0.3) is 5.91 Å². The quantitative estimate of drug-likeness (QED) is 0.790. The fourth-order valence-electron chi connectivity index (χ4n) is 3.74. The second-order valence-corrected chi connectivity index (χ2v) is 6.37. The minimum atomic E-state index is -0.437. The first-order valence-corrected chi connectivity index (χ1v) is 8.41. The van der Waals surface area contributed by atoms with E-state index < -0.39 is 5.92 Å². The Kier molecular flexibility index (Phi) is 4.03. The minimum absolute atomic E-state index is 0.0991. The molecule has 0 N–H and O–H groups in total. The van der Waals surface area contributed by atoms with Crippen LogP contribution in [-0.4, -0.2) is 43.6 Å². The molecule has 2 aromatic rings. The standard InChI is InChI=1S/C20H19NO5/c1-24-13-8-7-12(17(9-13)25-2)10-21-16-11-26-20(23)18(16)14-5-3-4-6-15(14)19(21)22/h3-9,16,18H,10-11H2,1-2H3/t16-,18-/m1/s1. The van der Waals surface area contributed by atoms with E-state index in [1.54, 1.807) is 31.3 Å². The van der Waals surface area contributed by atoms with Gasteiger partial charge in [-0.2, -0.15) is 0 Å². The van der Waals surface area contributed by atoms with Crippen molar-refractivity contribution in [2.45, 2.75) is 18.5 Å². The van der Waals surface area contributed by atoms with E-state index in [-0.39, 0.29) is 24.5 Å². The zero-order valence-corrected chi connectivity index (χ0v) is 14.6. The fraction of sp³-hybridized carbons (Fsp3) is 0.300. The summed E-state index contributed by atoms with van der Waals surface area (Å²) in [4.78, 5) is 27.1. The van der Waals surface area contributed by atoms with Crippen molar-refractivity contribution in [3.63, 3.8) is 0 Å². The maximum atomic E-state index is 13.1. The van der Waals surface area contributed by atoms with Crippen molar-refractivity contribution in [3.05, 3.63) is 59.2 Å². The number of rotatable bonds is 4. The molecule has 0 unspecified atom stereocenters. The highest BCUT2D eigenvalue weighted by Gasteiger charge is 2.48. The summed E-state index contributed by atoms with van der Waals surface area (Å²) >= 11 is 0. The first-order chi connectivity index (χ1) is 12.6. The second kappa shape index (κ2) is 6.37. The smallest absolute Gasteiger partial charge is 0.315 e. The minimum Gasteiger partial charge on any atom is -0.497 e. The molecule has 2 heterocycles. The highest BCUT2D eigenvalue weighted by atomic mass is 16.5. The molecule has 2 aliphatic rings. The highest BCUT2D eigenvalue weighted by molar-refractivity contribution is 6.01. The molecular weight excluding hydrogens is 334 g/mol. The van der Waals surface area contributed by atoms with E-state index in [4.69, 9.17) is 14.2 Å². The Morgan fingerprint density at radius 3 is 2.69 bits per heavy atom. The second-order valence-electron chi connectivity index (χ2n) is 6.37. The number of fused-ring (bicyclic) bond motifs is 3. The Morgan fingerprint density at radius 2 is 1.92 bits per heavy atom. The molecule has 6 heteroatoms. The molecule has 26 heavy (non-hydrogen) atoms. The van der Waals surface area contributed by atoms with Gasteiger partial charge in [-0.1, -0.05) is 18.2 Å². The van der Waals surface area contributed by atoms with E-state index in [0.717, 1.165) is 11.1 Å². The number of cyclic esters (lactones) is 1. The number of methoxy groups -OCH3 is 2. The number of hydrogen-bond acceptors (Lipinski definition) is 5. The summed E-state index contributed by atoms with van der Waals surface area (Å²) < 4.78 is 16.0. The summed E-state index contributed by atoms with van der Waals surface area (Å²) in [6.45, 7) is 0.542. The van der Waals surface area contributed by atoms with E-state index in [1.165, 1.54) is 0 Å². The SMILES string of the molecule is COc1ccc(CN2C(=O)c3ccccc3[C@H]3C(=O)OC[C@H]32)c(OC)c1. The van der Waals surface area contributed by atoms with Gasteiger partial charge in [-0.05, 0) is 23.8 Å². The molecule has 134 valence electrons. The lowest BCUT2D eigenvalue weighted by molar-refractivity contribution is -0.139. The Bertz CT molecular complexity index is 878. The lowest BCUT2D eigenvalue weighted by Crippen LogP contribution is -2.47. The molecule has 2 atom stereocenters. The number of carbonyl (C=O) groups excluding carboxylic acids is 2. The fourth-order valence-corrected chi connectivity index (χ4v) is 3.74. The third kappa shape index (κ3) is 2.49. The van der Waals surface area contributed by atoms with Gasteiger partial charge in [-0.25, -0.2) is 0 Å². The number of ether oxygens (including phenoxy) is 3. The summed E-state index contributed by atoms with van der Waals surface area (Å²) in [5, 5.41) is 0. The topological polar surface area (TPSA) is 65.1 Å². The van der Waals surface area contributed by atoms with Gasteiger partial charge in [0.15, 0.2) is 0 Å². The van der Waals surface area contributed by atoms with Gasteiger partial charge in [-0.15, -0.1) is 0 Å². The molecule has 4 rings (SSSR count). The first kappa shape index (κ1) is 16.4. The van der Waals surface area contributed by atoms with Crippen LogP contribution in [0.2, 0.25) is 0 Å². The van der Waals surface area contributed by atoms with Crippen LogP contribution in [0, 0.1) is 0 Å². The number of esters is 1. The van der Waals surface area contributed by atoms with Crippen molar-refractivity contribution in [2.75, 3.05) is 20.8 Å². The molecular formula is C20H19NO5. The lowest BCUT2D eigenvalue weighted by atomic mass is 9.84. The van der Waals surface area contributed by atoms with Crippen LogP contribution < -0.4 is 9.47 Å². The number of amides is 1. The molecule has 0 radical (unpaired) electrons. The number of hydrogen-bond donors (Lipinski definition) is 0. The largest absolute Gasteiger partial charge is 0.497 e. The molecule has 2 aromatic carbocycles. The van der Waals surface area contributed by atoms with E-state index in [9.17, 15) is 9.59 Å². The molecule has 0 bridgehead atoms. The summed E-state index contributed by atoms with van der Waals surface area (Å²) in [5.41, 5.74) is 2.15. The van der Waals surface area contributed by atoms with Crippen molar-refractivity contribution in [2.24, 2.45) is 0 Å². The van der Waals surface area contributed by atoms with Gasteiger partial charge in [0.2, 0.25) is 0 Å². The summed E-state index contributed by atoms with van der Waals surface area (Å²) in [7, 11) is 3.17. The Hall–Kier alpha value is -3.02. The van der Waals surface area contributed by atoms with Crippen LogP contribution in [0.3, 0.4) is 0 Å². The van der Waals surface area contributed by atoms with E-state index in [1.807, 2.05) is 30.3 Å². The maximum absolute atomic E-state index is 13.1. The molecule has 0 saturated carbocycles. The van der Waals surface area contributed by atoms with Crippen molar-refractivity contribution in [3.8, 4) is 11.5 Å². The van der Waals surface area contributed by atoms with Crippen molar-refractivity contribution in [1.82, 2.24) is 4.90 Å². The number of nitrogens with zero attached hydrogens (tertiary/aromatic N) is 1. The van der Waals surface area contributed by atoms with Crippen molar-refractivity contribution < 1.29 is 23.8 Å². The molecule has 0 aliphatic carbocycles.